The Morgan fingerprint density at radius 3 is 2.33 bits per heavy atom. The smallest absolute Gasteiger partial charge is 0.0800 e. The lowest BCUT2D eigenvalue weighted by Crippen LogP contribution is -2.43. The Labute approximate surface area is 75.5 Å². The minimum atomic E-state index is 0.0195. The molecular weight excluding hydrogens is 150 g/mol. The topological polar surface area (TPSA) is 35.2 Å². The van der Waals surface area contributed by atoms with E-state index >= 15 is 0 Å². The summed E-state index contributed by atoms with van der Waals surface area (Å²) in [6.07, 6.45) is 6.20. The van der Waals surface area contributed by atoms with E-state index in [1.165, 1.54) is 19.3 Å². The molecule has 1 aliphatic carbocycles. The summed E-state index contributed by atoms with van der Waals surface area (Å²) in [7, 11) is 1.79. The predicted octanol–water partition coefficient (Wildman–Crippen LogP) is 1.93. The number of methoxy groups -OCH3 is 1. The van der Waals surface area contributed by atoms with Crippen LogP contribution in [0.2, 0.25) is 0 Å². The Bertz CT molecular complexity index is 122. The molecule has 0 amide bonds. The molecule has 0 heterocycles. The van der Waals surface area contributed by atoms with Crippen LogP contribution in [0.1, 0.15) is 39.0 Å². The molecule has 0 spiro atoms. The Hall–Kier alpha value is -0.0800. The van der Waals surface area contributed by atoms with Crippen molar-refractivity contribution in [2.24, 2.45) is 11.7 Å². The van der Waals surface area contributed by atoms with Crippen molar-refractivity contribution in [2.45, 2.75) is 44.6 Å². The zero-order valence-corrected chi connectivity index (χ0v) is 8.31. The first-order valence-corrected chi connectivity index (χ1v) is 5.01. The number of hydrogen-bond acceptors (Lipinski definition) is 2. The molecule has 0 aromatic heterocycles. The Morgan fingerprint density at radius 2 is 2.00 bits per heavy atom. The van der Waals surface area contributed by atoms with Gasteiger partial charge in [0.05, 0.1) is 5.60 Å². The monoisotopic (exact) mass is 171 g/mol. The first-order chi connectivity index (χ1) is 5.76. The lowest BCUT2D eigenvalue weighted by atomic mass is 9.78. The van der Waals surface area contributed by atoms with Gasteiger partial charge in [0.1, 0.15) is 0 Å². The Kier molecular flexibility index (Phi) is 3.53. The van der Waals surface area contributed by atoms with Gasteiger partial charge < -0.3 is 10.5 Å². The van der Waals surface area contributed by atoms with Crippen LogP contribution in [0.15, 0.2) is 0 Å². The molecule has 1 saturated carbocycles. The molecule has 0 aliphatic heterocycles. The van der Waals surface area contributed by atoms with Crippen molar-refractivity contribution >= 4 is 0 Å². The van der Waals surface area contributed by atoms with Gasteiger partial charge in [-0.3, -0.25) is 0 Å². The molecule has 2 nitrogen and oxygen atoms in total. The second-order valence-electron chi connectivity index (χ2n) is 3.94. The summed E-state index contributed by atoms with van der Waals surface area (Å²) in [5, 5.41) is 0. The predicted molar refractivity (Wildman–Crippen MR) is 51.0 cm³/mol. The van der Waals surface area contributed by atoms with Gasteiger partial charge in [-0.2, -0.15) is 0 Å². The minimum absolute atomic E-state index is 0.0195. The third-order valence-corrected chi connectivity index (χ3v) is 3.40. The van der Waals surface area contributed by atoms with Crippen molar-refractivity contribution in [1.82, 2.24) is 0 Å². The molecule has 0 atom stereocenters. The van der Waals surface area contributed by atoms with Gasteiger partial charge in [0.25, 0.3) is 0 Å². The van der Waals surface area contributed by atoms with Crippen molar-refractivity contribution in [2.75, 3.05) is 13.7 Å². The van der Waals surface area contributed by atoms with E-state index in [9.17, 15) is 0 Å². The average Bonchev–Trinajstić information content (AvgIpc) is 2.18. The van der Waals surface area contributed by atoms with Gasteiger partial charge >= 0.3 is 0 Å². The zero-order chi connectivity index (χ0) is 9.03. The van der Waals surface area contributed by atoms with E-state index in [0.29, 0.717) is 6.54 Å². The second-order valence-corrected chi connectivity index (χ2v) is 3.94. The van der Waals surface area contributed by atoms with Gasteiger partial charge in [-0.1, -0.05) is 13.3 Å². The van der Waals surface area contributed by atoms with Gasteiger partial charge in [0, 0.05) is 13.7 Å². The molecule has 0 aromatic carbocycles. The summed E-state index contributed by atoms with van der Waals surface area (Å²) in [6, 6.07) is 0. The molecule has 0 aromatic rings. The molecule has 0 saturated heterocycles. The molecule has 1 rings (SSSR count). The van der Waals surface area contributed by atoms with Crippen LogP contribution in [-0.2, 0) is 4.74 Å². The van der Waals surface area contributed by atoms with Crippen LogP contribution < -0.4 is 5.73 Å². The maximum absolute atomic E-state index is 5.71. The lowest BCUT2D eigenvalue weighted by molar-refractivity contribution is -0.0417. The third-order valence-electron chi connectivity index (χ3n) is 3.40. The van der Waals surface area contributed by atoms with Gasteiger partial charge in [-0.25, -0.2) is 0 Å². The quantitative estimate of drug-likeness (QED) is 0.704. The largest absolute Gasteiger partial charge is 0.377 e. The molecule has 0 radical (unpaired) electrons. The molecule has 2 heteroatoms. The first kappa shape index (κ1) is 10.0. The van der Waals surface area contributed by atoms with Crippen LogP contribution in [-0.4, -0.2) is 19.3 Å². The zero-order valence-electron chi connectivity index (χ0n) is 8.31. The molecule has 0 unspecified atom stereocenters. The Morgan fingerprint density at radius 1 is 1.42 bits per heavy atom. The molecule has 12 heavy (non-hydrogen) atoms. The normalized spacial score (nSPS) is 36.8. The van der Waals surface area contributed by atoms with Gasteiger partial charge in [0.15, 0.2) is 0 Å². The van der Waals surface area contributed by atoms with E-state index in [0.717, 1.165) is 18.8 Å². The summed E-state index contributed by atoms with van der Waals surface area (Å²) in [5.41, 5.74) is 5.73. The molecule has 0 bridgehead atoms. The van der Waals surface area contributed by atoms with Crippen molar-refractivity contribution in [1.29, 1.82) is 0 Å². The van der Waals surface area contributed by atoms with Crippen molar-refractivity contribution < 1.29 is 4.74 Å². The molecule has 1 fully saturated rings. The minimum Gasteiger partial charge on any atom is -0.377 e. The summed E-state index contributed by atoms with van der Waals surface area (Å²) < 4.78 is 5.50. The van der Waals surface area contributed by atoms with E-state index in [4.69, 9.17) is 10.5 Å². The fraction of sp³-hybridized carbons (Fsp3) is 1.00. The third kappa shape index (κ3) is 1.99. The van der Waals surface area contributed by atoms with Crippen LogP contribution in [0.25, 0.3) is 0 Å². The fourth-order valence-electron chi connectivity index (χ4n) is 2.10. The second kappa shape index (κ2) is 4.24. The summed E-state index contributed by atoms with van der Waals surface area (Å²) in [5.74, 6) is 0.917. The van der Waals surface area contributed by atoms with Crippen LogP contribution in [0.3, 0.4) is 0 Å². The summed E-state index contributed by atoms with van der Waals surface area (Å²) >= 11 is 0. The summed E-state index contributed by atoms with van der Waals surface area (Å²) in [4.78, 5) is 0. The maximum Gasteiger partial charge on any atom is 0.0800 e. The first-order valence-electron chi connectivity index (χ1n) is 5.01. The average molecular weight is 171 g/mol. The molecule has 2 N–H and O–H groups in total. The van der Waals surface area contributed by atoms with Crippen LogP contribution in [0, 0.1) is 5.92 Å². The SMILES string of the molecule is CCC1CCC(CN)(OC)CC1. The van der Waals surface area contributed by atoms with E-state index in [-0.39, 0.29) is 5.60 Å². The van der Waals surface area contributed by atoms with Gasteiger partial charge in [-0.15, -0.1) is 0 Å². The highest BCUT2D eigenvalue weighted by Gasteiger charge is 2.33. The number of hydrogen-bond donors (Lipinski definition) is 1. The van der Waals surface area contributed by atoms with E-state index < -0.39 is 0 Å². The standard InChI is InChI=1S/C10H21NO/c1-3-9-4-6-10(8-11,12-2)7-5-9/h9H,3-8,11H2,1-2H3. The number of rotatable bonds is 3. The van der Waals surface area contributed by atoms with E-state index in [1.54, 1.807) is 7.11 Å². The summed E-state index contributed by atoms with van der Waals surface area (Å²) in [6.45, 7) is 2.95. The van der Waals surface area contributed by atoms with Crippen molar-refractivity contribution in [3.05, 3.63) is 0 Å². The Balaban J connectivity index is 2.42. The maximum atomic E-state index is 5.71. The van der Waals surface area contributed by atoms with E-state index in [1.807, 2.05) is 0 Å². The van der Waals surface area contributed by atoms with Crippen molar-refractivity contribution in [3.8, 4) is 0 Å². The highest BCUT2D eigenvalue weighted by atomic mass is 16.5. The van der Waals surface area contributed by atoms with E-state index in [2.05, 4.69) is 6.92 Å². The number of ether oxygens (including phenoxy) is 1. The highest BCUT2D eigenvalue weighted by Crippen LogP contribution is 2.34. The molecular formula is C10H21NO. The highest BCUT2D eigenvalue weighted by molar-refractivity contribution is 4.87. The van der Waals surface area contributed by atoms with Crippen molar-refractivity contribution in [3.63, 3.8) is 0 Å². The van der Waals surface area contributed by atoms with Gasteiger partial charge in [0.2, 0.25) is 0 Å². The van der Waals surface area contributed by atoms with Gasteiger partial charge in [-0.05, 0) is 31.6 Å². The lowest BCUT2D eigenvalue weighted by Gasteiger charge is -2.38. The molecule has 1 aliphatic rings. The van der Waals surface area contributed by atoms with Crippen LogP contribution >= 0.6 is 0 Å². The fourth-order valence-corrected chi connectivity index (χ4v) is 2.10. The molecule has 72 valence electrons. The van der Waals surface area contributed by atoms with Crippen LogP contribution in [0.5, 0.6) is 0 Å². The number of nitrogens with two attached hydrogens (primary N) is 1. The van der Waals surface area contributed by atoms with Crippen LogP contribution in [0.4, 0.5) is 0 Å².